The molecule has 1 aliphatic carbocycles. The highest BCUT2D eigenvalue weighted by molar-refractivity contribution is 7.18. The lowest BCUT2D eigenvalue weighted by molar-refractivity contribution is 0.215. The van der Waals surface area contributed by atoms with E-state index in [-0.39, 0.29) is 0 Å². The summed E-state index contributed by atoms with van der Waals surface area (Å²) in [5.41, 5.74) is 7.00. The standard InChI is InChI=1S/C14H19N3S/c1-17(12(8-15)10-6-7-10)9-14-16-11-4-2-3-5-13(11)18-14/h2-5,10,12H,6-9,15H2,1H3. The van der Waals surface area contributed by atoms with E-state index < -0.39 is 0 Å². The molecule has 1 atom stereocenters. The Morgan fingerprint density at radius 2 is 2.22 bits per heavy atom. The van der Waals surface area contributed by atoms with Gasteiger partial charge in [0.05, 0.1) is 16.8 Å². The zero-order valence-corrected chi connectivity index (χ0v) is 11.5. The predicted octanol–water partition coefficient (Wildman–Crippen LogP) is 2.47. The van der Waals surface area contributed by atoms with E-state index in [0.717, 1.165) is 24.5 Å². The summed E-state index contributed by atoms with van der Waals surface area (Å²) in [6, 6.07) is 8.86. The Labute approximate surface area is 112 Å². The molecule has 1 heterocycles. The summed E-state index contributed by atoms with van der Waals surface area (Å²) < 4.78 is 1.27. The van der Waals surface area contributed by atoms with Crippen LogP contribution < -0.4 is 5.73 Å². The molecule has 1 aromatic carbocycles. The third-order valence-electron chi connectivity index (χ3n) is 3.70. The Hall–Kier alpha value is -0.970. The normalized spacial score (nSPS) is 17.5. The number of para-hydroxylation sites is 1. The highest BCUT2D eigenvalue weighted by Gasteiger charge is 2.32. The maximum absolute atomic E-state index is 5.88. The van der Waals surface area contributed by atoms with E-state index in [2.05, 4.69) is 35.1 Å². The molecule has 1 aromatic heterocycles. The Morgan fingerprint density at radius 3 is 2.89 bits per heavy atom. The van der Waals surface area contributed by atoms with Crippen molar-refractivity contribution in [1.29, 1.82) is 0 Å². The molecule has 1 fully saturated rings. The van der Waals surface area contributed by atoms with Gasteiger partial charge in [-0.15, -0.1) is 11.3 Å². The van der Waals surface area contributed by atoms with Gasteiger partial charge in [0.15, 0.2) is 0 Å². The number of hydrogen-bond acceptors (Lipinski definition) is 4. The van der Waals surface area contributed by atoms with Crippen LogP contribution in [-0.4, -0.2) is 29.5 Å². The van der Waals surface area contributed by atoms with Crippen molar-refractivity contribution in [3.63, 3.8) is 0 Å². The SMILES string of the molecule is CN(Cc1nc2ccccc2s1)C(CN)C1CC1. The van der Waals surface area contributed by atoms with Gasteiger partial charge in [-0.25, -0.2) is 4.98 Å². The molecular weight excluding hydrogens is 242 g/mol. The van der Waals surface area contributed by atoms with Gasteiger partial charge in [0.25, 0.3) is 0 Å². The molecule has 0 aliphatic heterocycles. The smallest absolute Gasteiger partial charge is 0.108 e. The summed E-state index contributed by atoms with van der Waals surface area (Å²) in [6.07, 6.45) is 2.68. The van der Waals surface area contributed by atoms with Gasteiger partial charge in [0.1, 0.15) is 5.01 Å². The molecule has 0 amide bonds. The third kappa shape index (κ3) is 2.41. The lowest BCUT2D eigenvalue weighted by atomic mass is 10.1. The molecule has 2 aromatic rings. The number of thiazole rings is 1. The summed E-state index contributed by atoms with van der Waals surface area (Å²) >= 11 is 1.79. The first-order valence-corrected chi connectivity index (χ1v) is 7.34. The zero-order chi connectivity index (χ0) is 12.5. The number of fused-ring (bicyclic) bond motifs is 1. The third-order valence-corrected chi connectivity index (χ3v) is 4.72. The highest BCUT2D eigenvalue weighted by Crippen LogP contribution is 2.35. The van der Waals surface area contributed by atoms with Crippen LogP contribution >= 0.6 is 11.3 Å². The number of benzene rings is 1. The molecule has 96 valence electrons. The van der Waals surface area contributed by atoms with Crippen LogP contribution in [0.3, 0.4) is 0 Å². The Bertz CT molecular complexity index is 500. The summed E-state index contributed by atoms with van der Waals surface area (Å²) in [7, 11) is 2.17. The number of aromatic nitrogens is 1. The van der Waals surface area contributed by atoms with Crippen molar-refractivity contribution in [2.24, 2.45) is 11.7 Å². The van der Waals surface area contributed by atoms with Crippen molar-refractivity contribution in [3.8, 4) is 0 Å². The van der Waals surface area contributed by atoms with Crippen molar-refractivity contribution < 1.29 is 0 Å². The second-order valence-electron chi connectivity index (χ2n) is 5.13. The molecule has 0 spiro atoms. The van der Waals surface area contributed by atoms with Gasteiger partial charge >= 0.3 is 0 Å². The molecule has 0 radical (unpaired) electrons. The van der Waals surface area contributed by atoms with Crippen molar-refractivity contribution in [1.82, 2.24) is 9.88 Å². The molecule has 1 aliphatic rings. The van der Waals surface area contributed by atoms with Crippen LogP contribution in [0.1, 0.15) is 17.8 Å². The lowest BCUT2D eigenvalue weighted by Gasteiger charge is -2.25. The molecule has 2 N–H and O–H groups in total. The minimum Gasteiger partial charge on any atom is -0.329 e. The number of hydrogen-bond donors (Lipinski definition) is 1. The molecule has 1 saturated carbocycles. The maximum atomic E-state index is 5.88. The molecule has 18 heavy (non-hydrogen) atoms. The van der Waals surface area contributed by atoms with Crippen LogP contribution in [0.15, 0.2) is 24.3 Å². The minimum absolute atomic E-state index is 0.525. The Balaban J connectivity index is 1.74. The molecule has 0 bridgehead atoms. The summed E-state index contributed by atoms with van der Waals surface area (Å²) in [6.45, 7) is 1.67. The summed E-state index contributed by atoms with van der Waals surface area (Å²) in [5.74, 6) is 0.814. The fourth-order valence-electron chi connectivity index (χ4n) is 2.53. The topological polar surface area (TPSA) is 42.2 Å². The Morgan fingerprint density at radius 1 is 1.44 bits per heavy atom. The first-order chi connectivity index (χ1) is 8.78. The van der Waals surface area contributed by atoms with Crippen molar-refractivity contribution in [2.75, 3.05) is 13.6 Å². The average molecular weight is 261 g/mol. The van der Waals surface area contributed by atoms with E-state index in [1.807, 2.05) is 6.07 Å². The van der Waals surface area contributed by atoms with Gasteiger partial charge in [-0.05, 0) is 37.9 Å². The van der Waals surface area contributed by atoms with Gasteiger partial charge in [-0.2, -0.15) is 0 Å². The van der Waals surface area contributed by atoms with Crippen LogP contribution in [0.4, 0.5) is 0 Å². The van der Waals surface area contributed by atoms with E-state index in [0.29, 0.717) is 6.04 Å². The second-order valence-corrected chi connectivity index (χ2v) is 6.25. The monoisotopic (exact) mass is 261 g/mol. The van der Waals surface area contributed by atoms with E-state index in [1.165, 1.54) is 22.5 Å². The number of nitrogens with zero attached hydrogens (tertiary/aromatic N) is 2. The number of nitrogens with two attached hydrogens (primary N) is 1. The molecule has 0 saturated heterocycles. The van der Waals surface area contributed by atoms with Crippen LogP contribution in [0.25, 0.3) is 10.2 Å². The van der Waals surface area contributed by atoms with E-state index in [4.69, 9.17) is 5.73 Å². The average Bonchev–Trinajstić information content (AvgIpc) is 3.09. The lowest BCUT2D eigenvalue weighted by Crippen LogP contribution is -2.39. The fourth-order valence-corrected chi connectivity index (χ4v) is 3.56. The first kappa shape index (κ1) is 12.1. The first-order valence-electron chi connectivity index (χ1n) is 6.52. The number of rotatable bonds is 5. The molecule has 4 heteroatoms. The molecule has 1 unspecified atom stereocenters. The van der Waals surface area contributed by atoms with Crippen molar-refractivity contribution in [2.45, 2.75) is 25.4 Å². The van der Waals surface area contributed by atoms with Gasteiger partial charge in [0.2, 0.25) is 0 Å². The van der Waals surface area contributed by atoms with Gasteiger partial charge in [-0.3, -0.25) is 4.90 Å². The summed E-state index contributed by atoms with van der Waals surface area (Å²) in [4.78, 5) is 7.06. The Kier molecular flexibility index (Phi) is 3.33. The molecular formula is C14H19N3S. The predicted molar refractivity (Wildman–Crippen MR) is 76.7 cm³/mol. The van der Waals surface area contributed by atoms with Gasteiger partial charge in [-0.1, -0.05) is 12.1 Å². The van der Waals surface area contributed by atoms with Crippen LogP contribution in [0.2, 0.25) is 0 Å². The van der Waals surface area contributed by atoms with Crippen molar-refractivity contribution in [3.05, 3.63) is 29.3 Å². The van der Waals surface area contributed by atoms with Crippen LogP contribution in [0, 0.1) is 5.92 Å². The van der Waals surface area contributed by atoms with E-state index in [1.54, 1.807) is 11.3 Å². The number of likely N-dealkylation sites (N-methyl/N-ethyl adjacent to an activating group) is 1. The zero-order valence-electron chi connectivity index (χ0n) is 10.7. The largest absolute Gasteiger partial charge is 0.329 e. The van der Waals surface area contributed by atoms with Crippen LogP contribution in [-0.2, 0) is 6.54 Å². The highest BCUT2D eigenvalue weighted by atomic mass is 32.1. The van der Waals surface area contributed by atoms with E-state index >= 15 is 0 Å². The van der Waals surface area contributed by atoms with Crippen molar-refractivity contribution >= 4 is 21.6 Å². The van der Waals surface area contributed by atoms with Crippen LogP contribution in [0.5, 0.6) is 0 Å². The maximum Gasteiger partial charge on any atom is 0.108 e. The molecule has 3 nitrogen and oxygen atoms in total. The van der Waals surface area contributed by atoms with Gasteiger partial charge in [0, 0.05) is 12.6 Å². The second kappa shape index (κ2) is 4.96. The molecule has 3 rings (SSSR count). The summed E-state index contributed by atoms with van der Waals surface area (Å²) in [5, 5.41) is 1.19. The van der Waals surface area contributed by atoms with Gasteiger partial charge < -0.3 is 5.73 Å². The minimum atomic E-state index is 0.525. The fraction of sp³-hybridized carbons (Fsp3) is 0.500. The van der Waals surface area contributed by atoms with E-state index in [9.17, 15) is 0 Å². The quantitative estimate of drug-likeness (QED) is 0.899.